The highest BCUT2D eigenvalue weighted by molar-refractivity contribution is 6.29. The van der Waals surface area contributed by atoms with E-state index in [4.69, 9.17) is 16.7 Å². The summed E-state index contributed by atoms with van der Waals surface area (Å²) >= 11 is 5.64. The van der Waals surface area contributed by atoms with Gasteiger partial charge in [-0.15, -0.1) is 0 Å². The van der Waals surface area contributed by atoms with E-state index in [2.05, 4.69) is 10.3 Å². The first-order valence-corrected chi connectivity index (χ1v) is 6.16. The standard InChI is InChI=1S/C14H11ClN2O3/c15-12-6-3-10(8-16-12)14(20)17-11-4-1-9(2-5-11)7-13(18)19/h1-6,8H,7H2,(H,17,20)(H,18,19). The fourth-order valence-electron chi connectivity index (χ4n) is 1.59. The van der Waals surface area contributed by atoms with Crippen LogP contribution in [0.5, 0.6) is 0 Å². The molecule has 0 aliphatic rings. The molecule has 0 saturated heterocycles. The van der Waals surface area contributed by atoms with Crippen LogP contribution < -0.4 is 5.32 Å². The van der Waals surface area contributed by atoms with Crippen molar-refractivity contribution in [1.29, 1.82) is 0 Å². The van der Waals surface area contributed by atoms with E-state index in [1.807, 2.05) is 0 Å². The largest absolute Gasteiger partial charge is 0.481 e. The SMILES string of the molecule is O=C(O)Cc1ccc(NC(=O)c2ccc(Cl)nc2)cc1. The Labute approximate surface area is 120 Å². The summed E-state index contributed by atoms with van der Waals surface area (Å²) in [6.45, 7) is 0. The molecule has 1 amide bonds. The molecule has 0 atom stereocenters. The topological polar surface area (TPSA) is 79.3 Å². The van der Waals surface area contributed by atoms with Crippen molar-refractivity contribution in [2.75, 3.05) is 5.32 Å². The van der Waals surface area contributed by atoms with E-state index in [-0.39, 0.29) is 12.3 Å². The van der Waals surface area contributed by atoms with Crippen LogP contribution in [0, 0.1) is 0 Å². The molecule has 0 saturated carbocycles. The molecular formula is C14H11ClN2O3. The molecule has 2 rings (SSSR count). The van der Waals surface area contributed by atoms with Crippen LogP contribution in [0.25, 0.3) is 0 Å². The zero-order valence-corrected chi connectivity index (χ0v) is 11.1. The van der Waals surface area contributed by atoms with Crippen LogP contribution in [-0.2, 0) is 11.2 Å². The summed E-state index contributed by atoms with van der Waals surface area (Å²) in [7, 11) is 0. The third kappa shape index (κ3) is 3.80. The number of hydrogen-bond acceptors (Lipinski definition) is 3. The lowest BCUT2D eigenvalue weighted by atomic mass is 10.1. The summed E-state index contributed by atoms with van der Waals surface area (Å²) in [5.41, 5.74) is 1.65. The van der Waals surface area contributed by atoms with Crippen LogP contribution in [0.15, 0.2) is 42.6 Å². The molecule has 0 aliphatic heterocycles. The van der Waals surface area contributed by atoms with Crippen molar-refractivity contribution in [1.82, 2.24) is 4.98 Å². The molecule has 0 radical (unpaired) electrons. The van der Waals surface area contributed by atoms with Crippen LogP contribution in [-0.4, -0.2) is 22.0 Å². The van der Waals surface area contributed by atoms with Crippen LogP contribution in [0.4, 0.5) is 5.69 Å². The molecule has 0 spiro atoms. The van der Waals surface area contributed by atoms with Crippen LogP contribution in [0.3, 0.4) is 0 Å². The zero-order valence-electron chi connectivity index (χ0n) is 10.3. The predicted octanol–water partition coefficient (Wildman–Crippen LogP) is 2.61. The van der Waals surface area contributed by atoms with E-state index in [0.717, 1.165) is 0 Å². The van der Waals surface area contributed by atoms with Gasteiger partial charge in [0.15, 0.2) is 0 Å². The smallest absolute Gasteiger partial charge is 0.307 e. The molecule has 102 valence electrons. The van der Waals surface area contributed by atoms with Crippen molar-refractivity contribution in [3.8, 4) is 0 Å². The Hall–Kier alpha value is -2.40. The summed E-state index contributed by atoms with van der Waals surface area (Å²) in [5.74, 6) is -1.20. The second-order valence-electron chi connectivity index (χ2n) is 4.09. The summed E-state index contributed by atoms with van der Waals surface area (Å²) in [5, 5.41) is 11.7. The molecule has 0 bridgehead atoms. The highest BCUT2D eigenvalue weighted by Crippen LogP contribution is 2.12. The molecule has 0 fully saturated rings. The lowest BCUT2D eigenvalue weighted by molar-refractivity contribution is -0.136. The van der Waals surface area contributed by atoms with Crippen molar-refractivity contribution >= 4 is 29.2 Å². The van der Waals surface area contributed by atoms with E-state index in [0.29, 0.717) is 22.0 Å². The molecular weight excluding hydrogens is 280 g/mol. The summed E-state index contributed by atoms with van der Waals surface area (Å²) in [4.78, 5) is 26.3. The van der Waals surface area contributed by atoms with Gasteiger partial charge in [-0.05, 0) is 29.8 Å². The molecule has 5 nitrogen and oxygen atoms in total. The molecule has 1 aromatic carbocycles. The Morgan fingerprint density at radius 1 is 1.15 bits per heavy atom. The number of hydrogen-bond donors (Lipinski definition) is 2. The number of nitrogens with zero attached hydrogens (tertiary/aromatic N) is 1. The Morgan fingerprint density at radius 3 is 2.40 bits per heavy atom. The summed E-state index contributed by atoms with van der Waals surface area (Å²) < 4.78 is 0. The minimum absolute atomic E-state index is 0.0463. The average Bonchev–Trinajstić information content (AvgIpc) is 2.41. The molecule has 6 heteroatoms. The number of carboxylic acids is 1. The number of carbonyl (C=O) groups is 2. The summed E-state index contributed by atoms with van der Waals surface area (Å²) in [6, 6.07) is 9.72. The van der Waals surface area contributed by atoms with Crippen LogP contribution in [0.1, 0.15) is 15.9 Å². The normalized spacial score (nSPS) is 10.1. The van der Waals surface area contributed by atoms with Gasteiger partial charge in [-0.1, -0.05) is 23.7 Å². The van der Waals surface area contributed by atoms with Crippen LogP contribution >= 0.6 is 11.6 Å². The Balaban J connectivity index is 2.04. The number of aromatic nitrogens is 1. The number of halogens is 1. The number of pyridine rings is 1. The minimum atomic E-state index is -0.894. The van der Waals surface area contributed by atoms with E-state index < -0.39 is 5.97 Å². The van der Waals surface area contributed by atoms with Gasteiger partial charge in [0.05, 0.1) is 12.0 Å². The maximum atomic E-state index is 11.9. The molecule has 1 aromatic heterocycles. The number of carbonyl (C=O) groups excluding carboxylic acids is 1. The molecule has 0 unspecified atom stereocenters. The van der Waals surface area contributed by atoms with Crippen molar-refractivity contribution in [3.63, 3.8) is 0 Å². The monoisotopic (exact) mass is 290 g/mol. The lowest BCUT2D eigenvalue weighted by Crippen LogP contribution is -2.12. The van der Waals surface area contributed by atoms with Gasteiger partial charge in [-0.2, -0.15) is 0 Å². The first-order valence-electron chi connectivity index (χ1n) is 5.78. The zero-order chi connectivity index (χ0) is 14.5. The van der Waals surface area contributed by atoms with Gasteiger partial charge in [-0.25, -0.2) is 4.98 Å². The molecule has 2 N–H and O–H groups in total. The van der Waals surface area contributed by atoms with E-state index >= 15 is 0 Å². The molecule has 1 heterocycles. The van der Waals surface area contributed by atoms with Crippen LogP contribution in [0.2, 0.25) is 5.15 Å². The van der Waals surface area contributed by atoms with Crippen molar-refractivity contribution in [2.45, 2.75) is 6.42 Å². The van der Waals surface area contributed by atoms with Gasteiger partial charge >= 0.3 is 5.97 Å². The van der Waals surface area contributed by atoms with Gasteiger partial charge in [0, 0.05) is 11.9 Å². The fourth-order valence-corrected chi connectivity index (χ4v) is 1.71. The second kappa shape index (κ2) is 6.16. The third-order valence-electron chi connectivity index (χ3n) is 2.56. The average molecular weight is 291 g/mol. The first kappa shape index (κ1) is 14.0. The molecule has 20 heavy (non-hydrogen) atoms. The minimum Gasteiger partial charge on any atom is -0.481 e. The number of anilines is 1. The second-order valence-corrected chi connectivity index (χ2v) is 4.48. The van der Waals surface area contributed by atoms with Gasteiger partial charge in [0.25, 0.3) is 5.91 Å². The first-order chi connectivity index (χ1) is 9.54. The quantitative estimate of drug-likeness (QED) is 0.848. The Bertz CT molecular complexity index is 624. The van der Waals surface area contributed by atoms with E-state index in [1.165, 1.54) is 12.3 Å². The van der Waals surface area contributed by atoms with Crippen molar-refractivity contribution in [3.05, 3.63) is 58.9 Å². The van der Waals surface area contributed by atoms with Gasteiger partial charge in [-0.3, -0.25) is 9.59 Å². The highest BCUT2D eigenvalue weighted by Gasteiger charge is 2.07. The number of carboxylic acid groups (broad SMARTS) is 1. The third-order valence-corrected chi connectivity index (χ3v) is 2.78. The van der Waals surface area contributed by atoms with Gasteiger partial charge in [0.2, 0.25) is 0 Å². The maximum absolute atomic E-state index is 11.9. The van der Waals surface area contributed by atoms with E-state index in [1.54, 1.807) is 30.3 Å². The number of rotatable bonds is 4. The lowest BCUT2D eigenvalue weighted by Gasteiger charge is -2.06. The van der Waals surface area contributed by atoms with Crippen molar-refractivity contribution in [2.24, 2.45) is 0 Å². The summed E-state index contributed by atoms with van der Waals surface area (Å²) in [6.07, 6.45) is 1.34. The number of aliphatic carboxylic acids is 1. The highest BCUT2D eigenvalue weighted by atomic mass is 35.5. The Kier molecular flexibility index (Phi) is 4.32. The predicted molar refractivity (Wildman–Crippen MR) is 75.0 cm³/mol. The Morgan fingerprint density at radius 2 is 1.85 bits per heavy atom. The number of amides is 1. The van der Waals surface area contributed by atoms with Crippen molar-refractivity contribution < 1.29 is 14.7 Å². The molecule has 2 aromatic rings. The van der Waals surface area contributed by atoms with Gasteiger partial charge in [0.1, 0.15) is 5.15 Å². The number of nitrogens with one attached hydrogen (secondary N) is 1. The number of benzene rings is 1. The maximum Gasteiger partial charge on any atom is 0.307 e. The van der Waals surface area contributed by atoms with E-state index in [9.17, 15) is 9.59 Å². The fraction of sp³-hybridized carbons (Fsp3) is 0.0714. The van der Waals surface area contributed by atoms with Gasteiger partial charge < -0.3 is 10.4 Å². The molecule has 0 aliphatic carbocycles.